The molecule has 0 aliphatic rings. The molecule has 0 aromatic carbocycles. The van der Waals surface area contributed by atoms with Gasteiger partial charge in [-0.2, -0.15) is 5.26 Å². The smallest absolute Gasteiger partial charge is 0.301 e. The first-order valence-electron chi connectivity index (χ1n) is 1.81. The molecule has 0 N–H and O–H groups in total. The normalized spacial score (nSPS) is 8.50. The summed E-state index contributed by atoms with van der Waals surface area (Å²) in [7, 11) is -1.04. The molecule has 10 heavy (non-hydrogen) atoms. The topological polar surface area (TPSA) is 59.3 Å². The molecule has 0 heterocycles. The summed E-state index contributed by atoms with van der Waals surface area (Å²) in [5, 5.41) is 8.02. The van der Waals surface area contributed by atoms with E-state index >= 15 is 0 Å². The number of nitrogens with zero attached hydrogens (tertiary/aromatic N) is 1. The third-order valence-electron chi connectivity index (χ3n) is 0.603. The molecule has 0 atom stereocenters. The Kier molecular flexibility index (Phi) is 15.4. The Hall–Kier alpha value is 1.64. The second-order valence-electron chi connectivity index (χ2n) is 0.963. The van der Waals surface area contributed by atoms with E-state index in [1.807, 2.05) is 0 Å². The van der Waals surface area contributed by atoms with Crippen LogP contribution in [0.4, 0.5) is 0 Å². The number of nitriles is 1. The maximum absolute atomic E-state index is 10.5. The van der Waals surface area contributed by atoms with Crippen LogP contribution in [-0.4, -0.2) is 73.3 Å². The van der Waals surface area contributed by atoms with Gasteiger partial charge in [0.1, 0.15) is 0 Å². The summed E-state index contributed by atoms with van der Waals surface area (Å²) in [5.41, 5.74) is 0. The van der Waals surface area contributed by atoms with Crippen molar-refractivity contribution in [3.8, 4) is 5.81 Å². The van der Waals surface area contributed by atoms with Crippen molar-refractivity contribution < 1.29 is 13.6 Å². The van der Waals surface area contributed by atoms with Crippen LogP contribution in [-0.2, 0) is 13.6 Å². The first-order valence-corrected chi connectivity index (χ1v) is 3.35. The fourth-order valence-electron chi connectivity index (χ4n) is 0.156. The Morgan fingerprint density at radius 3 is 1.60 bits per heavy atom. The molecule has 0 spiro atoms. The van der Waals surface area contributed by atoms with Gasteiger partial charge in [-0.05, 0) is 0 Å². The van der Waals surface area contributed by atoms with Gasteiger partial charge in [-0.15, -0.1) is 0 Å². The zero-order valence-electron chi connectivity index (χ0n) is 6.62. The van der Waals surface area contributed by atoms with Gasteiger partial charge in [-0.3, -0.25) is 0 Å². The maximum atomic E-state index is 10.5. The van der Waals surface area contributed by atoms with Crippen molar-refractivity contribution in [1.29, 1.82) is 5.26 Å². The van der Waals surface area contributed by atoms with Crippen LogP contribution in [0.5, 0.6) is 0 Å². The van der Waals surface area contributed by atoms with Crippen LogP contribution in [0.25, 0.3) is 0 Å². The van der Waals surface area contributed by atoms with Crippen LogP contribution < -0.4 is 0 Å². The van der Waals surface area contributed by atoms with Gasteiger partial charge >= 0.3 is 7.60 Å². The fraction of sp³-hybridized carbons (Fsp3) is 0.667. The predicted octanol–water partition coefficient (Wildman–Crippen LogP) is 0.192. The Balaban J connectivity index is -0.000000245. The van der Waals surface area contributed by atoms with Gasteiger partial charge < -0.3 is 9.05 Å². The summed E-state index contributed by atoms with van der Waals surface area (Å²) >= 11 is 0. The van der Waals surface area contributed by atoms with Gasteiger partial charge in [0, 0.05) is 73.3 Å². The van der Waals surface area contributed by atoms with E-state index in [0.717, 1.165) is 14.2 Å². The molecule has 48 valence electrons. The van der Waals surface area contributed by atoms with E-state index in [9.17, 15) is 4.57 Å². The van der Waals surface area contributed by atoms with E-state index in [2.05, 4.69) is 9.05 Å². The Morgan fingerprint density at radius 2 is 1.60 bits per heavy atom. The predicted molar refractivity (Wildman–Crippen MR) is 38.7 cm³/mol. The molecule has 0 fully saturated rings. The van der Waals surface area contributed by atoms with Gasteiger partial charge in [0.05, 0.1) is 0 Å². The summed E-state index contributed by atoms with van der Waals surface area (Å²) in [4.78, 5) is 0. The SMILES string of the molecule is COP(=O)(C#N)OC.[Na].[Na]. The van der Waals surface area contributed by atoms with E-state index in [4.69, 9.17) is 5.26 Å². The average Bonchev–Trinajstić information content (AvgIpc) is 1.87. The van der Waals surface area contributed by atoms with E-state index in [1.165, 1.54) is 5.81 Å². The molecule has 0 aromatic heterocycles. The minimum atomic E-state index is -3.36. The maximum Gasteiger partial charge on any atom is 0.430 e. The van der Waals surface area contributed by atoms with Crippen molar-refractivity contribution in [3.63, 3.8) is 0 Å². The summed E-state index contributed by atoms with van der Waals surface area (Å²) < 4.78 is 18.9. The van der Waals surface area contributed by atoms with Gasteiger partial charge in [-0.1, -0.05) is 0 Å². The Bertz CT molecular complexity index is 148. The van der Waals surface area contributed by atoms with Crippen LogP contribution in [0, 0.1) is 11.1 Å². The van der Waals surface area contributed by atoms with Crippen molar-refractivity contribution in [3.05, 3.63) is 0 Å². The van der Waals surface area contributed by atoms with Crippen molar-refractivity contribution >= 4 is 66.7 Å². The van der Waals surface area contributed by atoms with E-state index < -0.39 is 7.60 Å². The third kappa shape index (κ3) is 6.36. The van der Waals surface area contributed by atoms with Gasteiger partial charge in [0.15, 0.2) is 5.81 Å². The monoisotopic (exact) mass is 181 g/mol. The van der Waals surface area contributed by atoms with Crippen LogP contribution in [0.1, 0.15) is 0 Å². The molecule has 0 aliphatic carbocycles. The fourth-order valence-corrected chi connectivity index (χ4v) is 0.469. The zero-order chi connectivity index (χ0) is 6.62. The van der Waals surface area contributed by atoms with E-state index in [0.29, 0.717) is 0 Å². The zero-order valence-corrected chi connectivity index (χ0v) is 11.5. The van der Waals surface area contributed by atoms with Crippen LogP contribution in [0.2, 0.25) is 0 Å². The van der Waals surface area contributed by atoms with Crippen molar-refractivity contribution in [2.45, 2.75) is 0 Å². The first kappa shape index (κ1) is 17.7. The molecule has 4 nitrogen and oxygen atoms in total. The number of hydrogen-bond acceptors (Lipinski definition) is 4. The summed E-state index contributed by atoms with van der Waals surface area (Å²) in [6.07, 6.45) is 0. The molecule has 0 bridgehead atoms. The van der Waals surface area contributed by atoms with Gasteiger partial charge in [0.25, 0.3) is 0 Å². The minimum absolute atomic E-state index is 0. The Labute approximate surface area is 104 Å². The summed E-state index contributed by atoms with van der Waals surface area (Å²) in [5.74, 6) is 1.39. The second kappa shape index (κ2) is 8.73. The molecular weight excluding hydrogens is 175 g/mol. The molecule has 0 rings (SSSR count). The second-order valence-corrected chi connectivity index (χ2v) is 2.89. The first-order chi connectivity index (χ1) is 3.68. The van der Waals surface area contributed by atoms with E-state index in [1.54, 1.807) is 0 Å². The molecular formula is C3H6NNa2O3P. The minimum Gasteiger partial charge on any atom is -0.301 e. The molecule has 2 radical (unpaired) electrons. The van der Waals surface area contributed by atoms with Crippen LogP contribution in [0.15, 0.2) is 0 Å². The van der Waals surface area contributed by atoms with Crippen molar-refractivity contribution in [1.82, 2.24) is 0 Å². The molecule has 0 aromatic rings. The molecule has 0 saturated heterocycles. The van der Waals surface area contributed by atoms with Crippen molar-refractivity contribution in [2.75, 3.05) is 14.2 Å². The molecule has 0 aliphatic heterocycles. The quantitative estimate of drug-likeness (QED) is 0.450. The van der Waals surface area contributed by atoms with E-state index in [-0.39, 0.29) is 59.1 Å². The van der Waals surface area contributed by atoms with Gasteiger partial charge in [-0.25, -0.2) is 4.57 Å². The number of rotatable bonds is 2. The molecule has 0 saturated carbocycles. The van der Waals surface area contributed by atoms with Crippen LogP contribution in [0.3, 0.4) is 0 Å². The Morgan fingerprint density at radius 1 is 1.30 bits per heavy atom. The molecule has 7 heteroatoms. The van der Waals surface area contributed by atoms with Gasteiger partial charge in [0.2, 0.25) is 0 Å². The standard InChI is InChI=1S/C3H6NO3P.2Na/c1-6-8(5,3-4)7-2;;/h1-2H3;;. The largest absolute Gasteiger partial charge is 0.430 e. The van der Waals surface area contributed by atoms with Crippen molar-refractivity contribution in [2.24, 2.45) is 0 Å². The third-order valence-corrected chi connectivity index (χ3v) is 1.81. The summed E-state index contributed by atoms with van der Waals surface area (Å²) in [6, 6.07) is 0. The summed E-state index contributed by atoms with van der Waals surface area (Å²) in [6.45, 7) is 0. The van der Waals surface area contributed by atoms with Crippen LogP contribution >= 0.6 is 7.60 Å². The number of hydrogen-bond donors (Lipinski definition) is 0. The molecule has 0 unspecified atom stereocenters. The molecule has 0 amide bonds. The average molecular weight is 181 g/mol.